The molecule has 3 aromatic carbocycles. The minimum absolute atomic E-state index is 0.174. The molecule has 14 heteroatoms. The Morgan fingerprint density at radius 3 is 2.47 bits per heavy atom. The molecule has 1 aliphatic rings. The SMILES string of the molecule is CCOC(=O)C1=C(C)NC(=O)N[C@H]1c1ccc(OCC(=O)N/N=C\c2cc(Cl)c(OCc3ccccc3Cl)c(OCC)c2)c(OC)c1. The Labute approximate surface area is 281 Å². The third-order valence-corrected chi connectivity index (χ3v) is 7.36. The predicted octanol–water partition coefficient (Wildman–Crippen LogP) is 5.70. The molecule has 0 fully saturated rings. The van der Waals surface area contributed by atoms with Crippen LogP contribution in [0.5, 0.6) is 23.0 Å². The molecule has 0 bridgehead atoms. The first-order valence-corrected chi connectivity index (χ1v) is 15.3. The lowest BCUT2D eigenvalue weighted by atomic mass is 9.95. The van der Waals surface area contributed by atoms with Gasteiger partial charge in [-0.2, -0.15) is 5.10 Å². The van der Waals surface area contributed by atoms with Crippen LogP contribution >= 0.6 is 23.2 Å². The van der Waals surface area contributed by atoms with E-state index in [2.05, 4.69) is 21.2 Å². The van der Waals surface area contributed by atoms with E-state index < -0.39 is 23.9 Å². The first-order chi connectivity index (χ1) is 22.6. The van der Waals surface area contributed by atoms with E-state index in [1.165, 1.54) is 13.3 Å². The summed E-state index contributed by atoms with van der Waals surface area (Å²) in [7, 11) is 1.43. The van der Waals surface area contributed by atoms with Gasteiger partial charge < -0.3 is 34.3 Å². The summed E-state index contributed by atoms with van der Waals surface area (Å²) in [5, 5.41) is 10.2. The van der Waals surface area contributed by atoms with Crippen LogP contribution in [0.25, 0.3) is 0 Å². The monoisotopic (exact) mass is 684 g/mol. The second kappa shape index (κ2) is 16.6. The van der Waals surface area contributed by atoms with Crippen LogP contribution in [0.4, 0.5) is 4.79 Å². The number of halogens is 2. The van der Waals surface area contributed by atoms with Crippen LogP contribution in [-0.4, -0.2) is 51.1 Å². The van der Waals surface area contributed by atoms with Crippen molar-refractivity contribution in [2.75, 3.05) is 26.9 Å². The first kappa shape index (κ1) is 34.9. The molecule has 3 N–H and O–H groups in total. The fourth-order valence-corrected chi connectivity index (χ4v) is 5.06. The Balaban J connectivity index is 1.39. The summed E-state index contributed by atoms with van der Waals surface area (Å²) in [4.78, 5) is 37.3. The van der Waals surface area contributed by atoms with Gasteiger partial charge in [0.25, 0.3) is 5.91 Å². The molecule has 0 aromatic heterocycles. The van der Waals surface area contributed by atoms with Crippen LogP contribution in [0.2, 0.25) is 10.0 Å². The third-order valence-electron chi connectivity index (χ3n) is 6.71. The van der Waals surface area contributed by atoms with E-state index in [9.17, 15) is 14.4 Å². The van der Waals surface area contributed by atoms with Crippen LogP contribution in [0.15, 0.2) is 71.0 Å². The van der Waals surface area contributed by atoms with Gasteiger partial charge in [-0.15, -0.1) is 0 Å². The van der Waals surface area contributed by atoms with Crippen LogP contribution in [0.1, 0.15) is 43.5 Å². The van der Waals surface area contributed by atoms with Gasteiger partial charge in [0.05, 0.1) is 43.2 Å². The number of methoxy groups -OCH3 is 1. The van der Waals surface area contributed by atoms with E-state index in [1.54, 1.807) is 50.2 Å². The largest absolute Gasteiger partial charge is 0.493 e. The number of hydrazone groups is 1. The lowest BCUT2D eigenvalue weighted by molar-refractivity contribution is -0.139. The van der Waals surface area contributed by atoms with E-state index >= 15 is 0 Å². The summed E-state index contributed by atoms with van der Waals surface area (Å²) in [6.07, 6.45) is 1.41. The number of rotatable bonds is 14. The zero-order valence-corrected chi connectivity index (χ0v) is 27.7. The number of hydrogen-bond acceptors (Lipinski definition) is 9. The van der Waals surface area contributed by atoms with Crippen molar-refractivity contribution in [2.45, 2.75) is 33.4 Å². The minimum atomic E-state index is -0.789. The number of carbonyl (C=O) groups is 3. The standard InChI is InChI=1S/C33H34Cl2N4O8/c1-5-44-27-14-20(13-24(35)31(27)47-17-22-9-7-8-10-23(22)34)16-36-39-28(40)18-46-25-12-11-21(15-26(25)43-4)30-29(32(41)45-6-2)19(3)37-33(42)38-30/h7-16,30H,5-6,17-18H2,1-4H3,(H,39,40)(H2,37,38,42)/b36-16-/t30-/m0/s1. The van der Waals surface area contributed by atoms with Gasteiger partial charge in [0.15, 0.2) is 29.6 Å². The molecule has 1 aliphatic heterocycles. The minimum Gasteiger partial charge on any atom is -0.493 e. The number of nitrogens with one attached hydrogen (secondary N) is 3. The molecule has 0 saturated heterocycles. The van der Waals surface area contributed by atoms with Crippen molar-refractivity contribution in [3.05, 3.63) is 92.6 Å². The topological polar surface area (TPSA) is 146 Å². The highest BCUT2D eigenvalue weighted by molar-refractivity contribution is 6.32. The lowest BCUT2D eigenvalue weighted by Gasteiger charge is -2.28. The quantitative estimate of drug-likeness (QED) is 0.111. The maximum absolute atomic E-state index is 12.6. The Kier molecular flexibility index (Phi) is 12.3. The summed E-state index contributed by atoms with van der Waals surface area (Å²) in [5.74, 6) is 0.193. The molecule has 0 radical (unpaired) electrons. The average Bonchev–Trinajstić information content (AvgIpc) is 3.04. The zero-order valence-electron chi connectivity index (χ0n) is 26.1. The lowest BCUT2D eigenvalue weighted by Crippen LogP contribution is -2.45. The molecule has 1 atom stereocenters. The van der Waals surface area contributed by atoms with Gasteiger partial charge in [0.2, 0.25) is 0 Å². The summed E-state index contributed by atoms with van der Waals surface area (Å²) >= 11 is 12.7. The summed E-state index contributed by atoms with van der Waals surface area (Å²) in [6.45, 7) is 5.49. The number of carbonyl (C=O) groups excluding carboxylic acids is 3. The van der Waals surface area contributed by atoms with Gasteiger partial charge in [-0.3, -0.25) is 4.79 Å². The van der Waals surface area contributed by atoms with Crippen molar-refractivity contribution in [1.82, 2.24) is 16.1 Å². The smallest absolute Gasteiger partial charge is 0.338 e. The average molecular weight is 686 g/mol. The molecule has 0 aliphatic carbocycles. The summed E-state index contributed by atoms with van der Waals surface area (Å²) < 4.78 is 28.0. The van der Waals surface area contributed by atoms with E-state index in [4.69, 9.17) is 46.9 Å². The molecule has 0 saturated carbocycles. The second-order valence-electron chi connectivity index (χ2n) is 9.93. The van der Waals surface area contributed by atoms with Crippen molar-refractivity contribution in [3.63, 3.8) is 0 Å². The van der Waals surface area contributed by atoms with Gasteiger partial charge in [0, 0.05) is 16.3 Å². The van der Waals surface area contributed by atoms with Crippen LogP contribution in [0.3, 0.4) is 0 Å². The molecule has 1 heterocycles. The molecule has 3 aromatic rings. The third kappa shape index (κ3) is 9.08. The number of benzene rings is 3. The highest BCUT2D eigenvalue weighted by Gasteiger charge is 2.32. The number of urea groups is 1. The molecule has 248 valence electrons. The van der Waals surface area contributed by atoms with Crippen LogP contribution < -0.4 is 35.0 Å². The second-order valence-corrected chi connectivity index (χ2v) is 10.7. The van der Waals surface area contributed by atoms with E-state index in [-0.39, 0.29) is 36.9 Å². The van der Waals surface area contributed by atoms with Gasteiger partial charge >= 0.3 is 12.0 Å². The molecule has 0 unspecified atom stereocenters. The van der Waals surface area contributed by atoms with Crippen molar-refractivity contribution in [2.24, 2.45) is 5.10 Å². The van der Waals surface area contributed by atoms with Crippen molar-refractivity contribution < 1.29 is 38.1 Å². The number of esters is 1. The van der Waals surface area contributed by atoms with E-state index in [0.717, 1.165) is 5.56 Å². The number of hydrogen-bond donors (Lipinski definition) is 3. The maximum Gasteiger partial charge on any atom is 0.338 e. The van der Waals surface area contributed by atoms with Crippen molar-refractivity contribution >= 4 is 47.3 Å². The van der Waals surface area contributed by atoms with Crippen LogP contribution in [-0.2, 0) is 20.9 Å². The highest BCUT2D eigenvalue weighted by Crippen LogP contribution is 2.38. The Morgan fingerprint density at radius 2 is 1.74 bits per heavy atom. The van der Waals surface area contributed by atoms with E-state index in [1.807, 2.05) is 25.1 Å². The summed E-state index contributed by atoms with van der Waals surface area (Å²) in [6, 6.07) is 14.2. The zero-order chi connectivity index (χ0) is 33.9. The molecule has 47 heavy (non-hydrogen) atoms. The molecule has 4 rings (SSSR count). The predicted molar refractivity (Wildman–Crippen MR) is 176 cm³/mol. The number of amides is 3. The molecule has 3 amide bonds. The first-order valence-electron chi connectivity index (χ1n) is 14.6. The van der Waals surface area contributed by atoms with E-state index in [0.29, 0.717) is 45.0 Å². The molecule has 12 nitrogen and oxygen atoms in total. The summed E-state index contributed by atoms with van der Waals surface area (Å²) in [5.41, 5.74) is 4.93. The molecular formula is C33H34Cl2N4O8. The number of ether oxygens (including phenoxy) is 5. The van der Waals surface area contributed by atoms with Crippen LogP contribution in [0, 0.1) is 0 Å². The van der Waals surface area contributed by atoms with Gasteiger partial charge in [-0.25, -0.2) is 15.0 Å². The van der Waals surface area contributed by atoms with Gasteiger partial charge in [0.1, 0.15) is 6.61 Å². The number of nitrogens with zero attached hydrogens (tertiary/aromatic N) is 1. The Morgan fingerprint density at radius 1 is 0.957 bits per heavy atom. The maximum atomic E-state index is 12.6. The fraction of sp³-hybridized carbons (Fsp3) is 0.273. The molecule has 0 spiro atoms. The fourth-order valence-electron chi connectivity index (χ4n) is 4.59. The number of allylic oxidation sites excluding steroid dienone is 1. The Bertz CT molecular complexity index is 1700. The Hall–Kier alpha value is -4.94. The highest BCUT2D eigenvalue weighted by atomic mass is 35.5. The van der Waals surface area contributed by atoms with Crippen molar-refractivity contribution in [1.29, 1.82) is 0 Å². The van der Waals surface area contributed by atoms with Gasteiger partial charge in [-0.1, -0.05) is 47.5 Å². The normalized spacial score (nSPS) is 14.3. The van der Waals surface area contributed by atoms with Crippen molar-refractivity contribution in [3.8, 4) is 23.0 Å². The molecular weight excluding hydrogens is 651 g/mol. The van der Waals surface area contributed by atoms with Gasteiger partial charge in [-0.05, 0) is 62.2 Å².